The van der Waals surface area contributed by atoms with Crippen LogP contribution in [-0.2, 0) is 4.79 Å². The molecule has 0 aliphatic rings. The van der Waals surface area contributed by atoms with Crippen molar-refractivity contribution in [2.45, 2.75) is 59.5 Å². The number of nitrogens with zero attached hydrogens (tertiary/aromatic N) is 1. The zero-order chi connectivity index (χ0) is 10.2. The van der Waals surface area contributed by atoms with E-state index in [0.29, 0.717) is 0 Å². The van der Waals surface area contributed by atoms with E-state index >= 15 is 0 Å². The topological polar surface area (TPSA) is 20.3 Å². The first-order chi connectivity index (χ1) is 5.07. The molecule has 0 radical (unpaired) electrons. The molecule has 12 heavy (non-hydrogen) atoms. The minimum Gasteiger partial charge on any atom is -0.333 e. The zero-order valence-electron chi connectivity index (χ0n) is 9.36. The summed E-state index contributed by atoms with van der Waals surface area (Å²) in [6.07, 6.45) is 0. The third kappa shape index (κ3) is 2.84. The summed E-state index contributed by atoms with van der Waals surface area (Å²) < 4.78 is 0. The molecule has 0 aromatic rings. The molecule has 0 rings (SSSR count). The van der Waals surface area contributed by atoms with Crippen LogP contribution in [-0.4, -0.2) is 21.9 Å². The molecule has 0 aromatic heterocycles. The molecule has 2 heteroatoms. The molecule has 0 aliphatic heterocycles. The number of hydrogen-bond donors (Lipinski definition) is 0. The summed E-state index contributed by atoms with van der Waals surface area (Å²) in [5.74, 6) is 0.134. The van der Waals surface area contributed by atoms with E-state index in [1.165, 1.54) is 0 Å². The predicted octanol–water partition coefficient (Wildman–Crippen LogP) is 2.43. The molecule has 0 N–H and O–H groups in total. The van der Waals surface area contributed by atoms with Crippen molar-refractivity contribution in [3.05, 3.63) is 0 Å². The van der Waals surface area contributed by atoms with Crippen LogP contribution in [0.25, 0.3) is 0 Å². The third-order valence-corrected chi connectivity index (χ3v) is 1.66. The van der Waals surface area contributed by atoms with Crippen molar-refractivity contribution in [1.82, 2.24) is 4.90 Å². The summed E-state index contributed by atoms with van der Waals surface area (Å²) >= 11 is 0. The first-order valence-corrected chi connectivity index (χ1v) is 4.37. The molecule has 0 fully saturated rings. The summed E-state index contributed by atoms with van der Waals surface area (Å²) in [7, 11) is 0. The first kappa shape index (κ1) is 11.5. The fraction of sp³-hybridized carbons (Fsp3) is 0.900. The van der Waals surface area contributed by atoms with Gasteiger partial charge in [-0.25, -0.2) is 0 Å². The van der Waals surface area contributed by atoms with E-state index in [4.69, 9.17) is 0 Å². The zero-order valence-corrected chi connectivity index (χ0v) is 9.36. The van der Waals surface area contributed by atoms with E-state index in [9.17, 15) is 4.79 Å². The van der Waals surface area contributed by atoms with Crippen LogP contribution in [0.5, 0.6) is 0 Å². The Kier molecular flexibility index (Phi) is 2.94. The molecule has 72 valence electrons. The summed E-state index contributed by atoms with van der Waals surface area (Å²) in [4.78, 5) is 13.3. The predicted molar refractivity (Wildman–Crippen MR) is 52.0 cm³/mol. The normalized spacial score (nSPS) is 12.9. The number of carbonyl (C=O) groups excluding carboxylic acids is 1. The fourth-order valence-electron chi connectivity index (χ4n) is 1.95. The molecule has 0 aromatic carbocycles. The molecule has 0 bridgehead atoms. The van der Waals surface area contributed by atoms with E-state index in [1.54, 1.807) is 6.92 Å². The lowest BCUT2D eigenvalue weighted by Gasteiger charge is -2.44. The van der Waals surface area contributed by atoms with Gasteiger partial charge in [-0.2, -0.15) is 0 Å². The fourth-order valence-corrected chi connectivity index (χ4v) is 1.95. The third-order valence-electron chi connectivity index (χ3n) is 1.66. The van der Waals surface area contributed by atoms with Gasteiger partial charge in [0.05, 0.1) is 0 Å². The Bertz CT molecular complexity index is 157. The van der Waals surface area contributed by atoms with Gasteiger partial charge in [0.1, 0.15) is 0 Å². The van der Waals surface area contributed by atoms with Crippen LogP contribution < -0.4 is 0 Å². The smallest absolute Gasteiger partial charge is 0.220 e. The largest absolute Gasteiger partial charge is 0.333 e. The second kappa shape index (κ2) is 3.08. The lowest BCUT2D eigenvalue weighted by atomic mass is 9.96. The SMILES string of the molecule is CC(=O)N(C(C)(C)C)C(C)(C)C. The van der Waals surface area contributed by atoms with Crippen LogP contribution in [0.1, 0.15) is 48.5 Å². The minimum absolute atomic E-state index is 0.0932. The van der Waals surface area contributed by atoms with Crippen LogP contribution in [0, 0.1) is 0 Å². The number of rotatable bonds is 0. The van der Waals surface area contributed by atoms with Crippen LogP contribution >= 0.6 is 0 Å². The van der Waals surface area contributed by atoms with Crippen molar-refractivity contribution in [3.8, 4) is 0 Å². The first-order valence-electron chi connectivity index (χ1n) is 4.37. The van der Waals surface area contributed by atoms with E-state index in [0.717, 1.165) is 0 Å². The highest BCUT2D eigenvalue weighted by Gasteiger charge is 2.33. The van der Waals surface area contributed by atoms with Crippen molar-refractivity contribution in [1.29, 1.82) is 0 Å². The number of hydrogen-bond acceptors (Lipinski definition) is 1. The van der Waals surface area contributed by atoms with Gasteiger partial charge in [-0.05, 0) is 41.5 Å². The summed E-state index contributed by atoms with van der Waals surface area (Å²) in [5.41, 5.74) is -0.186. The van der Waals surface area contributed by atoms with Gasteiger partial charge >= 0.3 is 0 Å². The van der Waals surface area contributed by atoms with E-state index in [2.05, 4.69) is 41.5 Å². The number of amides is 1. The van der Waals surface area contributed by atoms with Crippen LogP contribution in [0.4, 0.5) is 0 Å². The van der Waals surface area contributed by atoms with E-state index < -0.39 is 0 Å². The highest BCUT2D eigenvalue weighted by atomic mass is 16.2. The molecule has 0 heterocycles. The van der Waals surface area contributed by atoms with Crippen molar-refractivity contribution < 1.29 is 4.79 Å². The van der Waals surface area contributed by atoms with Crippen molar-refractivity contribution >= 4 is 5.91 Å². The van der Waals surface area contributed by atoms with Crippen LogP contribution in [0.2, 0.25) is 0 Å². The molecule has 0 atom stereocenters. The molecule has 0 aliphatic carbocycles. The number of carbonyl (C=O) groups is 1. The summed E-state index contributed by atoms with van der Waals surface area (Å²) in [6.45, 7) is 14.0. The van der Waals surface area contributed by atoms with Crippen molar-refractivity contribution in [2.24, 2.45) is 0 Å². The minimum atomic E-state index is -0.0932. The molecule has 0 spiro atoms. The molecule has 0 unspecified atom stereocenters. The highest BCUT2D eigenvalue weighted by molar-refractivity contribution is 5.74. The van der Waals surface area contributed by atoms with Crippen molar-refractivity contribution in [2.75, 3.05) is 0 Å². The lowest BCUT2D eigenvalue weighted by Crippen LogP contribution is -2.54. The Morgan fingerprint density at radius 2 is 1.17 bits per heavy atom. The monoisotopic (exact) mass is 171 g/mol. The van der Waals surface area contributed by atoms with Crippen LogP contribution in [0.3, 0.4) is 0 Å². The second-order valence-corrected chi connectivity index (χ2v) is 5.20. The average Bonchev–Trinajstić information content (AvgIpc) is 1.49. The highest BCUT2D eigenvalue weighted by Crippen LogP contribution is 2.24. The quantitative estimate of drug-likeness (QED) is 0.548. The molecule has 1 amide bonds. The lowest BCUT2D eigenvalue weighted by molar-refractivity contribution is -0.140. The van der Waals surface area contributed by atoms with Gasteiger partial charge in [-0.3, -0.25) is 4.79 Å². The Hall–Kier alpha value is -0.530. The molecule has 0 saturated carbocycles. The van der Waals surface area contributed by atoms with Gasteiger partial charge in [-0.15, -0.1) is 0 Å². The van der Waals surface area contributed by atoms with Gasteiger partial charge in [0.15, 0.2) is 0 Å². The van der Waals surface area contributed by atoms with Gasteiger partial charge in [0.25, 0.3) is 0 Å². The van der Waals surface area contributed by atoms with Crippen LogP contribution in [0.15, 0.2) is 0 Å². The van der Waals surface area contributed by atoms with Gasteiger partial charge < -0.3 is 4.90 Å². The van der Waals surface area contributed by atoms with Gasteiger partial charge in [0.2, 0.25) is 5.91 Å². The maximum atomic E-state index is 11.4. The van der Waals surface area contributed by atoms with Gasteiger partial charge in [0, 0.05) is 18.0 Å². The Morgan fingerprint density at radius 1 is 0.917 bits per heavy atom. The maximum absolute atomic E-state index is 11.4. The molecular formula is C10H21NO. The Labute approximate surface area is 75.9 Å². The molecular weight excluding hydrogens is 150 g/mol. The summed E-state index contributed by atoms with van der Waals surface area (Å²) in [6, 6.07) is 0. The van der Waals surface area contributed by atoms with E-state index in [-0.39, 0.29) is 17.0 Å². The Balaban J connectivity index is 4.82. The standard InChI is InChI=1S/C10H21NO/c1-8(12)11(9(2,3)4)10(5,6)7/h1-7H3. The molecule has 0 saturated heterocycles. The second-order valence-electron chi connectivity index (χ2n) is 5.20. The van der Waals surface area contributed by atoms with Crippen molar-refractivity contribution in [3.63, 3.8) is 0 Å². The average molecular weight is 171 g/mol. The molecule has 2 nitrogen and oxygen atoms in total. The Morgan fingerprint density at radius 3 is 1.17 bits per heavy atom. The summed E-state index contributed by atoms with van der Waals surface area (Å²) in [5, 5.41) is 0. The van der Waals surface area contributed by atoms with E-state index in [1.807, 2.05) is 4.90 Å². The maximum Gasteiger partial charge on any atom is 0.220 e. The van der Waals surface area contributed by atoms with Gasteiger partial charge in [-0.1, -0.05) is 0 Å².